The summed E-state index contributed by atoms with van der Waals surface area (Å²) >= 11 is 0. The first kappa shape index (κ1) is 16.5. The Hall–Kier alpha value is -2.83. The summed E-state index contributed by atoms with van der Waals surface area (Å²) in [4.78, 5) is 24.0. The van der Waals surface area contributed by atoms with Gasteiger partial charge in [-0.25, -0.2) is 4.68 Å². The summed E-state index contributed by atoms with van der Waals surface area (Å²) in [5.74, 6) is 0.660. The molecule has 2 aromatic rings. The lowest BCUT2D eigenvalue weighted by Gasteiger charge is -2.12. The van der Waals surface area contributed by atoms with Crippen LogP contribution >= 0.6 is 0 Å². The molecule has 0 bridgehead atoms. The van der Waals surface area contributed by atoms with E-state index in [1.165, 1.54) is 31.0 Å². The maximum Gasteiger partial charge on any atom is 0.276 e. The topological polar surface area (TPSA) is 82.5 Å². The number of hydrogen-bond acceptors (Lipinski definition) is 5. The third-order valence-electron chi connectivity index (χ3n) is 3.19. The number of anilines is 1. The zero-order valence-electron chi connectivity index (χ0n) is 13.3. The Morgan fingerprint density at radius 3 is 2.65 bits per heavy atom. The Balaban J connectivity index is 2.28. The number of benzene rings is 1. The molecule has 122 valence electrons. The number of aryl methyl sites for hydroxylation is 1. The molecule has 7 nitrogen and oxygen atoms in total. The second-order valence-corrected chi connectivity index (χ2v) is 4.80. The number of ether oxygens (including phenoxy) is 2. The highest BCUT2D eigenvalue weighted by atomic mass is 16.5. The van der Waals surface area contributed by atoms with Gasteiger partial charge >= 0.3 is 0 Å². The van der Waals surface area contributed by atoms with Crippen LogP contribution in [-0.2, 0) is 6.54 Å². The minimum absolute atomic E-state index is 0.155. The highest BCUT2D eigenvalue weighted by Crippen LogP contribution is 2.29. The number of carbonyl (C=O) groups excluding carboxylic acids is 1. The van der Waals surface area contributed by atoms with Crippen LogP contribution in [0.1, 0.15) is 23.8 Å². The van der Waals surface area contributed by atoms with E-state index in [-0.39, 0.29) is 11.3 Å². The Kier molecular flexibility index (Phi) is 5.35. The van der Waals surface area contributed by atoms with Crippen LogP contribution in [0.2, 0.25) is 0 Å². The highest BCUT2D eigenvalue weighted by Gasteiger charge is 2.13. The van der Waals surface area contributed by atoms with Crippen molar-refractivity contribution in [1.29, 1.82) is 0 Å². The predicted molar refractivity (Wildman–Crippen MR) is 86.3 cm³/mol. The molecule has 0 radical (unpaired) electrons. The van der Waals surface area contributed by atoms with Crippen molar-refractivity contribution >= 4 is 11.6 Å². The third kappa shape index (κ3) is 3.88. The lowest BCUT2D eigenvalue weighted by atomic mass is 10.2. The summed E-state index contributed by atoms with van der Waals surface area (Å²) in [7, 11) is 3.05. The van der Waals surface area contributed by atoms with Crippen molar-refractivity contribution in [1.82, 2.24) is 9.78 Å². The minimum Gasteiger partial charge on any atom is -0.497 e. The Morgan fingerprint density at radius 1 is 1.22 bits per heavy atom. The summed E-state index contributed by atoms with van der Waals surface area (Å²) in [5.41, 5.74) is 0.386. The second kappa shape index (κ2) is 7.44. The van der Waals surface area contributed by atoms with E-state index in [1.54, 1.807) is 18.2 Å². The minimum atomic E-state index is -0.429. The molecule has 1 amide bonds. The molecule has 0 aliphatic rings. The quantitative estimate of drug-likeness (QED) is 0.880. The summed E-state index contributed by atoms with van der Waals surface area (Å²) in [6, 6.07) is 7.81. The predicted octanol–water partition coefficient (Wildman–Crippen LogP) is 1.92. The fraction of sp³-hybridized carbons (Fsp3) is 0.312. The SMILES string of the molecule is CCCn1nc(C(=O)Nc2cc(OC)ccc2OC)ccc1=O. The van der Waals surface area contributed by atoms with Gasteiger partial charge in [-0.1, -0.05) is 6.92 Å². The van der Waals surface area contributed by atoms with Crippen LogP contribution in [-0.4, -0.2) is 29.9 Å². The highest BCUT2D eigenvalue weighted by molar-refractivity contribution is 6.03. The van der Waals surface area contributed by atoms with Gasteiger partial charge in [0.1, 0.15) is 17.2 Å². The van der Waals surface area contributed by atoms with Gasteiger partial charge in [0, 0.05) is 18.7 Å². The van der Waals surface area contributed by atoms with Crippen molar-refractivity contribution in [2.45, 2.75) is 19.9 Å². The van der Waals surface area contributed by atoms with Crippen LogP contribution in [0.25, 0.3) is 0 Å². The molecule has 0 spiro atoms. The molecule has 2 rings (SSSR count). The van der Waals surface area contributed by atoms with Gasteiger partial charge in [0.15, 0.2) is 0 Å². The molecule has 1 heterocycles. The van der Waals surface area contributed by atoms with Crippen molar-refractivity contribution in [3.8, 4) is 11.5 Å². The second-order valence-electron chi connectivity index (χ2n) is 4.80. The normalized spacial score (nSPS) is 10.2. The summed E-state index contributed by atoms with van der Waals surface area (Å²) in [6.45, 7) is 2.39. The summed E-state index contributed by atoms with van der Waals surface area (Å²) in [6.07, 6.45) is 0.752. The van der Waals surface area contributed by atoms with Crippen LogP contribution in [0.4, 0.5) is 5.69 Å². The lowest BCUT2D eigenvalue weighted by molar-refractivity contribution is 0.101. The van der Waals surface area contributed by atoms with Crippen molar-refractivity contribution < 1.29 is 14.3 Å². The Labute approximate surface area is 133 Å². The van der Waals surface area contributed by atoms with E-state index in [1.807, 2.05) is 6.92 Å². The lowest BCUT2D eigenvalue weighted by Crippen LogP contribution is -2.26. The van der Waals surface area contributed by atoms with E-state index in [4.69, 9.17) is 9.47 Å². The molecule has 0 aliphatic carbocycles. The van der Waals surface area contributed by atoms with Gasteiger partial charge in [-0.05, 0) is 24.6 Å². The standard InChI is InChI=1S/C16H19N3O4/c1-4-9-19-15(20)8-6-12(18-19)16(21)17-13-10-11(22-2)5-7-14(13)23-3/h5-8,10H,4,9H2,1-3H3,(H,17,21). The molecule has 7 heteroatoms. The third-order valence-corrected chi connectivity index (χ3v) is 3.19. The molecule has 0 saturated heterocycles. The van der Waals surface area contributed by atoms with Crippen LogP contribution in [0, 0.1) is 0 Å². The van der Waals surface area contributed by atoms with Crippen LogP contribution < -0.4 is 20.3 Å². The molecule has 0 aliphatic heterocycles. The zero-order chi connectivity index (χ0) is 16.8. The number of nitrogens with zero attached hydrogens (tertiary/aromatic N) is 2. The molecule has 0 saturated carbocycles. The molecule has 0 fully saturated rings. The molecule has 1 N–H and O–H groups in total. The van der Waals surface area contributed by atoms with Crippen LogP contribution in [0.3, 0.4) is 0 Å². The van der Waals surface area contributed by atoms with Crippen LogP contribution in [0.5, 0.6) is 11.5 Å². The van der Waals surface area contributed by atoms with Gasteiger partial charge < -0.3 is 14.8 Å². The average molecular weight is 317 g/mol. The number of aromatic nitrogens is 2. The summed E-state index contributed by atoms with van der Waals surface area (Å²) in [5, 5.41) is 6.80. The average Bonchev–Trinajstić information content (AvgIpc) is 2.56. The maximum absolute atomic E-state index is 12.4. The van der Waals surface area contributed by atoms with Crippen LogP contribution in [0.15, 0.2) is 35.1 Å². The molecule has 0 unspecified atom stereocenters. The number of rotatable bonds is 6. The van der Waals surface area contributed by atoms with Gasteiger partial charge in [-0.15, -0.1) is 0 Å². The van der Waals surface area contributed by atoms with Gasteiger partial charge in [0.25, 0.3) is 11.5 Å². The number of nitrogens with one attached hydrogen (secondary N) is 1. The van der Waals surface area contributed by atoms with E-state index >= 15 is 0 Å². The van der Waals surface area contributed by atoms with E-state index < -0.39 is 5.91 Å². The summed E-state index contributed by atoms with van der Waals surface area (Å²) < 4.78 is 11.6. The zero-order valence-corrected chi connectivity index (χ0v) is 13.3. The van der Waals surface area contributed by atoms with E-state index in [0.717, 1.165) is 6.42 Å². The molecular formula is C16H19N3O4. The fourth-order valence-electron chi connectivity index (χ4n) is 2.04. The smallest absolute Gasteiger partial charge is 0.276 e. The first-order chi connectivity index (χ1) is 11.1. The van der Waals surface area contributed by atoms with E-state index in [9.17, 15) is 9.59 Å². The van der Waals surface area contributed by atoms with Crippen molar-refractivity contribution in [2.75, 3.05) is 19.5 Å². The number of amides is 1. The van der Waals surface area contributed by atoms with Gasteiger partial charge in [0.2, 0.25) is 0 Å². The first-order valence-electron chi connectivity index (χ1n) is 7.20. The van der Waals surface area contributed by atoms with E-state index in [2.05, 4.69) is 10.4 Å². The van der Waals surface area contributed by atoms with Gasteiger partial charge in [-0.3, -0.25) is 9.59 Å². The maximum atomic E-state index is 12.4. The Bertz CT molecular complexity index is 755. The molecule has 1 aromatic carbocycles. The first-order valence-corrected chi connectivity index (χ1v) is 7.20. The largest absolute Gasteiger partial charge is 0.497 e. The fourth-order valence-corrected chi connectivity index (χ4v) is 2.04. The van der Waals surface area contributed by atoms with E-state index in [0.29, 0.717) is 23.7 Å². The molecule has 1 aromatic heterocycles. The molecule has 23 heavy (non-hydrogen) atoms. The Morgan fingerprint density at radius 2 is 2.00 bits per heavy atom. The molecular weight excluding hydrogens is 298 g/mol. The number of methoxy groups -OCH3 is 2. The van der Waals surface area contributed by atoms with Crippen molar-refractivity contribution in [3.05, 3.63) is 46.4 Å². The number of hydrogen-bond donors (Lipinski definition) is 1. The monoisotopic (exact) mass is 317 g/mol. The molecule has 0 atom stereocenters. The number of carbonyl (C=O) groups is 1. The van der Waals surface area contributed by atoms with Gasteiger partial charge in [0.05, 0.1) is 19.9 Å². The van der Waals surface area contributed by atoms with Gasteiger partial charge in [-0.2, -0.15) is 5.10 Å². The van der Waals surface area contributed by atoms with Crippen molar-refractivity contribution in [2.24, 2.45) is 0 Å². The van der Waals surface area contributed by atoms with Crippen molar-refractivity contribution in [3.63, 3.8) is 0 Å².